The van der Waals surface area contributed by atoms with E-state index in [2.05, 4.69) is 15.2 Å². The second-order valence-electron chi connectivity index (χ2n) is 2.48. The van der Waals surface area contributed by atoms with E-state index in [-0.39, 0.29) is 5.56 Å². The molecule has 66 valence electrons. The van der Waals surface area contributed by atoms with Crippen molar-refractivity contribution in [1.29, 1.82) is 0 Å². The first-order valence-corrected chi connectivity index (χ1v) is 3.69. The van der Waals surface area contributed by atoms with Gasteiger partial charge in [-0.1, -0.05) is 0 Å². The van der Waals surface area contributed by atoms with Gasteiger partial charge in [0.05, 0.1) is 17.9 Å². The Morgan fingerprint density at radius 2 is 2.31 bits per heavy atom. The molecule has 2 aromatic rings. The van der Waals surface area contributed by atoms with Crippen LogP contribution in [0.15, 0.2) is 23.3 Å². The van der Waals surface area contributed by atoms with Crippen molar-refractivity contribution in [3.8, 4) is 5.88 Å². The number of nitrogens with zero attached hydrogens (tertiary/aromatic N) is 2. The standard InChI is InChI=1S/C8H7N3O2/c1-13-8-6-4-9-3-2-5(6)7(12)10-11-8/h2-4H,1H3,(H,10,12). The summed E-state index contributed by atoms with van der Waals surface area (Å²) in [4.78, 5) is 15.1. The molecule has 0 saturated carbocycles. The molecule has 2 aromatic heterocycles. The minimum absolute atomic E-state index is 0.238. The minimum atomic E-state index is -0.238. The van der Waals surface area contributed by atoms with E-state index in [0.717, 1.165) is 0 Å². The molecule has 0 radical (unpaired) electrons. The minimum Gasteiger partial charge on any atom is -0.479 e. The van der Waals surface area contributed by atoms with Gasteiger partial charge in [-0.25, -0.2) is 5.10 Å². The lowest BCUT2D eigenvalue weighted by molar-refractivity contribution is 0.397. The molecular weight excluding hydrogens is 170 g/mol. The summed E-state index contributed by atoms with van der Waals surface area (Å²) >= 11 is 0. The Hall–Kier alpha value is -1.91. The third-order valence-corrected chi connectivity index (χ3v) is 1.75. The van der Waals surface area contributed by atoms with Gasteiger partial charge in [0.2, 0.25) is 5.88 Å². The van der Waals surface area contributed by atoms with Crippen LogP contribution in [-0.2, 0) is 0 Å². The number of hydrogen-bond donors (Lipinski definition) is 1. The molecular formula is C8H7N3O2. The van der Waals surface area contributed by atoms with E-state index in [1.807, 2.05) is 0 Å². The number of nitrogens with one attached hydrogen (secondary N) is 1. The Morgan fingerprint density at radius 1 is 1.46 bits per heavy atom. The SMILES string of the molecule is COc1n[nH]c(=O)c2ccncc12. The molecule has 5 heteroatoms. The largest absolute Gasteiger partial charge is 0.479 e. The van der Waals surface area contributed by atoms with E-state index in [1.54, 1.807) is 18.5 Å². The summed E-state index contributed by atoms with van der Waals surface area (Å²) in [5, 5.41) is 7.21. The highest BCUT2D eigenvalue weighted by molar-refractivity contribution is 5.84. The maximum absolute atomic E-state index is 11.2. The molecule has 13 heavy (non-hydrogen) atoms. The fraction of sp³-hybridized carbons (Fsp3) is 0.125. The maximum atomic E-state index is 11.2. The molecule has 2 rings (SSSR count). The molecule has 0 aliphatic rings. The number of hydrogen-bond acceptors (Lipinski definition) is 4. The topological polar surface area (TPSA) is 67.9 Å². The Morgan fingerprint density at radius 3 is 3.08 bits per heavy atom. The third-order valence-electron chi connectivity index (χ3n) is 1.75. The van der Waals surface area contributed by atoms with Crippen LogP contribution in [0.4, 0.5) is 0 Å². The molecule has 1 N–H and O–H groups in total. The first-order chi connectivity index (χ1) is 6.33. The van der Waals surface area contributed by atoms with Crippen LogP contribution in [0.2, 0.25) is 0 Å². The van der Waals surface area contributed by atoms with Crippen molar-refractivity contribution in [2.45, 2.75) is 0 Å². The number of pyridine rings is 1. The molecule has 0 saturated heterocycles. The molecule has 0 atom stereocenters. The average Bonchev–Trinajstić information content (AvgIpc) is 2.19. The van der Waals surface area contributed by atoms with Gasteiger partial charge < -0.3 is 4.74 Å². The average molecular weight is 177 g/mol. The fourth-order valence-corrected chi connectivity index (χ4v) is 1.14. The second-order valence-corrected chi connectivity index (χ2v) is 2.48. The second kappa shape index (κ2) is 2.85. The Kier molecular flexibility index (Phi) is 1.70. The van der Waals surface area contributed by atoms with Crippen LogP contribution in [0.1, 0.15) is 0 Å². The number of methoxy groups -OCH3 is 1. The normalized spacial score (nSPS) is 10.2. The van der Waals surface area contributed by atoms with E-state index in [0.29, 0.717) is 16.7 Å². The van der Waals surface area contributed by atoms with E-state index in [1.165, 1.54) is 7.11 Å². The lowest BCUT2D eigenvalue weighted by Gasteiger charge is -2.00. The number of ether oxygens (including phenoxy) is 1. The molecule has 0 aromatic carbocycles. The zero-order valence-electron chi connectivity index (χ0n) is 6.94. The molecule has 0 fully saturated rings. The summed E-state index contributed by atoms with van der Waals surface area (Å²) in [6.07, 6.45) is 3.10. The lowest BCUT2D eigenvalue weighted by Crippen LogP contribution is -2.09. The zero-order valence-corrected chi connectivity index (χ0v) is 6.94. The Bertz CT molecular complexity index is 492. The van der Waals surface area contributed by atoms with Crippen LogP contribution >= 0.6 is 0 Å². The van der Waals surface area contributed by atoms with E-state index < -0.39 is 0 Å². The number of H-pyrrole nitrogens is 1. The zero-order chi connectivity index (χ0) is 9.26. The van der Waals surface area contributed by atoms with Crippen molar-refractivity contribution < 1.29 is 4.74 Å². The molecule has 0 aliphatic carbocycles. The quantitative estimate of drug-likeness (QED) is 0.681. The highest BCUT2D eigenvalue weighted by atomic mass is 16.5. The summed E-state index contributed by atoms with van der Waals surface area (Å²) < 4.78 is 4.96. The lowest BCUT2D eigenvalue weighted by atomic mass is 10.2. The van der Waals surface area contributed by atoms with Gasteiger partial charge in [0.15, 0.2) is 0 Å². The van der Waals surface area contributed by atoms with Crippen LogP contribution in [0, 0.1) is 0 Å². The molecule has 5 nitrogen and oxygen atoms in total. The molecule has 0 bridgehead atoms. The van der Waals surface area contributed by atoms with Gasteiger partial charge in [-0.2, -0.15) is 0 Å². The number of aromatic amines is 1. The van der Waals surface area contributed by atoms with Crippen molar-refractivity contribution in [3.63, 3.8) is 0 Å². The predicted octanol–water partition coefficient (Wildman–Crippen LogP) is 0.327. The van der Waals surface area contributed by atoms with Crippen molar-refractivity contribution >= 4 is 10.8 Å². The summed E-state index contributed by atoms with van der Waals surface area (Å²) in [6, 6.07) is 1.62. The summed E-state index contributed by atoms with van der Waals surface area (Å²) in [7, 11) is 1.49. The Balaban J connectivity index is 2.93. The third kappa shape index (κ3) is 1.14. The van der Waals surface area contributed by atoms with Crippen LogP contribution in [-0.4, -0.2) is 22.3 Å². The molecule has 0 amide bonds. The van der Waals surface area contributed by atoms with Crippen molar-refractivity contribution in [2.75, 3.05) is 7.11 Å². The van der Waals surface area contributed by atoms with E-state index >= 15 is 0 Å². The van der Waals surface area contributed by atoms with Gasteiger partial charge in [0.1, 0.15) is 0 Å². The summed E-state index contributed by atoms with van der Waals surface area (Å²) in [5.74, 6) is 0.378. The monoisotopic (exact) mass is 177 g/mol. The summed E-state index contributed by atoms with van der Waals surface area (Å²) in [5.41, 5.74) is -0.238. The first-order valence-electron chi connectivity index (χ1n) is 3.69. The van der Waals surface area contributed by atoms with Crippen molar-refractivity contribution in [3.05, 3.63) is 28.8 Å². The number of fused-ring (bicyclic) bond motifs is 1. The van der Waals surface area contributed by atoms with E-state index in [9.17, 15) is 4.79 Å². The number of aromatic nitrogens is 3. The van der Waals surface area contributed by atoms with Gasteiger partial charge in [-0.05, 0) is 6.07 Å². The van der Waals surface area contributed by atoms with Crippen LogP contribution in [0.5, 0.6) is 5.88 Å². The highest BCUT2D eigenvalue weighted by Crippen LogP contribution is 2.16. The molecule has 0 spiro atoms. The van der Waals surface area contributed by atoms with Gasteiger partial charge in [-0.3, -0.25) is 9.78 Å². The van der Waals surface area contributed by atoms with Gasteiger partial charge in [-0.15, -0.1) is 5.10 Å². The maximum Gasteiger partial charge on any atom is 0.272 e. The van der Waals surface area contributed by atoms with Gasteiger partial charge >= 0.3 is 0 Å². The smallest absolute Gasteiger partial charge is 0.272 e. The van der Waals surface area contributed by atoms with Gasteiger partial charge in [0.25, 0.3) is 5.56 Å². The highest BCUT2D eigenvalue weighted by Gasteiger charge is 2.04. The predicted molar refractivity (Wildman–Crippen MR) is 46.7 cm³/mol. The molecule has 2 heterocycles. The summed E-state index contributed by atoms with van der Waals surface area (Å²) in [6.45, 7) is 0. The fourth-order valence-electron chi connectivity index (χ4n) is 1.14. The first kappa shape index (κ1) is 7.72. The van der Waals surface area contributed by atoms with Crippen LogP contribution in [0.25, 0.3) is 10.8 Å². The van der Waals surface area contributed by atoms with Crippen LogP contribution in [0.3, 0.4) is 0 Å². The van der Waals surface area contributed by atoms with Crippen molar-refractivity contribution in [1.82, 2.24) is 15.2 Å². The van der Waals surface area contributed by atoms with Gasteiger partial charge in [0, 0.05) is 12.4 Å². The Labute approximate surface area is 73.4 Å². The van der Waals surface area contributed by atoms with Crippen LogP contribution < -0.4 is 10.3 Å². The van der Waals surface area contributed by atoms with Crippen molar-refractivity contribution in [2.24, 2.45) is 0 Å². The van der Waals surface area contributed by atoms with E-state index in [4.69, 9.17) is 4.74 Å². The molecule has 0 unspecified atom stereocenters. The number of rotatable bonds is 1. The molecule has 0 aliphatic heterocycles.